The van der Waals surface area contributed by atoms with Gasteiger partial charge in [-0.25, -0.2) is 4.98 Å². The fraction of sp³-hybridized carbons (Fsp3) is 0.500. The number of phenolic OH excluding ortho intramolecular Hbond substituents is 1. The number of nitrogens with one attached hydrogen (secondary N) is 1. The Hall–Kier alpha value is -1.51. The topological polar surface area (TPSA) is 48.9 Å². The highest BCUT2D eigenvalue weighted by molar-refractivity contribution is 5.76. The predicted molar refractivity (Wildman–Crippen MR) is 70.3 cm³/mol. The van der Waals surface area contributed by atoms with Crippen molar-refractivity contribution in [2.24, 2.45) is 0 Å². The van der Waals surface area contributed by atoms with Gasteiger partial charge in [-0.05, 0) is 25.0 Å². The average molecular weight is 232 g/mol. The van der Waals surface area contributed by atoms with E-state index in [9.17, 15) is 5.11 Å². The number of benzene rings is 1. The zero-order chi connectivity index (χ0) is 12.3. The minimum atomic E-state index is 0.286. The van der Waals surface area contributed by atoms with Crippen molar-refractivity contribution >= 4 is 11.0 Å². The van der Waals surface area contributed by atoms with E-state index in [1.165, 1.54) is 19.3 Å². The van der Waals surface area contributed by atoms with E-state index < -0.39 is 0 Å². The summed E-state index contributed by atoms with van der Waals surface area (Å²) in [6.07, 6.45) is 4.74. The van der Waals surface area contributed by atoms with Crippen LogP contribution in [0.3, 0.4) is 0 Å². The molecule has 0 radical (unpaired) electrons. The van der Waals surface area contributed by atoms with E-state index in [1.54, 1.807) is 12.1 Å². The highest BCUT2D eigenvalue weighted by Crippen LogP contribution is 2.26. The first-order valence-electron chi connectivity index (χ1n) is 6.43. The number of imidazole rings is 1. The van der Waals surface area contributed by atoms with Crippen LogP contribution >= 0.6 is 0 Å². The Labute approximate surface area is 102 Å². The Kier molecular flexibility index (Phi) is 3.67. The number of aromatic amines is 1. The molecule has 0 aliphatic heterocycles. The summed E-state index contributed by atoms with van der Waals surface area (Å²) < 4.78 is 0. The Balaban J connectivity index is 2.27. The van der Waals surface area contributed by atoms with Gasteiger partial charge < -0.3 is 10.1 Å². The van der Waals surface area contributed by atoms with E-state index in [1.807, 2.05) is 6.07 Å². The minimum absolute atomic E-state index is 0.286. The molecule has 1 heterocycles. The molecular weight excluding hydrogens is 212 g/mol. The van der Waals surface area contributed by atoms with Gasteiger partial charge in [0.05, 0.1) is 11.0 Å². The lowest BCUT2D eigenvalue weighted by molar-refractivity contribution is 0.476. The molecule has 92 valence electrons. The molecule has 1 aromatic carbocycles. The van der Waals surface area contributed by atoms with Crippen molar-refractivity contribution in [1.29, 1.82) is 0 Å². The summed E-state index contributed by atoms with van der Waals surface area (Å²) in [6.45, 7) is 4.41. The average Bonchev–Trinajstić information content (AvgIpc) is 2.72. The number of fused-ring (bicyclic) bond motifs is 1. The van der Waals surface area contributed by atoms with Gasteiger partial charge in [-0.3, -0.25) is 0 Å². The molecule has 17 heavy (non-hydrogen) atoms. The van der Waals surface area contributed by atoms with Crippen LogP contribution in [0.5, 0.6) is 5.75 Å². The molecule has 3 nitrogen and oxygen atoms in total. The summed E-state index contributed by atoms with van der Waals surface area (Å²) in [6, 6.07) is 5.27. The quantitative estimate of drug-likeness (QED) is 0.820. The lowest BCUT2D eigenvalue weighted by atomic mass is 9.99. The standard InChI is InChI=1S/C14H20N2O/c1-3-5-6-10(4-2)14-15-12-8-7-11(17)9-13(12)16-14/h7-10,17H,3-6H2,1-2H3,(H,15,16). The van der Waals surface area contributed by atoms with Crippen LogP contribution in [0.25, 0.3) is 11.0 Å². The van der Waals surface area contributed by atoms with E-state index in [4.69, 9.17) is 0 Å². The third-order valence-corrected chi connectivity index (χ3v) is 3.27. The summed E-state index contributed by atoms with van der Waals surface area (Å²) in [5.74, 6) is 1.85. The number of hydrogen-bond donors (Lipinski definition) is 2. The lowest BCUT2D eigenvalue weighted by Gasteiger charge is -2.10. The zero-order valence-electron chi connectivity index (χ0n) is 10.5. The summed E-state index contributed by atoms with van der Waals surface area (Å²) in [5.41, 5.74) is 1.86. The van der Waals surface area contributed by atoms with Gasteiger partial charge in [-0.1, -0.05) is 26.7 Å². The molecule has 0 amide bonds. The van der Waals surface area contributed by atoms with E-state index in [2.05, 4.69) is 23.8 Å². The molecule has 0 fully saturated rings. The first-order valence-corrected chi connectivity index (χ1v) is 6.43. The van der Waals surface area contributed by atoms with E-state index >= 15 is 0 Å². The molecule has 0 aliphatic carbocycles. The van der Waals surface area contributed by atoms with Gasteiger partial charge in [-0.2, -0.15) is 0 Å². The highest BCUT2D eigenvalue weighted by Gasteiger charge is 2.13. The monoisotopic (exact) mass is 232 g/mol. The number of H-pyrrole nitrogens is 1. The lowest BCUT2D eigenvalue weighted by Crippen LogP contribution is -1.99. The van der Waals surface area contributed by atoms with Crippen molar-refractivity contribution in [3.05, 3.63) is 24.0 Å². The largest absolute Gasteiger partial charge is 0.508 e. The van der Waals surface area contributed by atoms with Crippen molar-refractivity contribution in [2.75, 3.05) is 0 Å². The molecule has 0 aliphatic rings. The second-order valence-corrected chi connectivity index (χ2v) is 4.57. The number of aromatic nitrogens is 2. The molecule has 0 spiro atoms. The van der Waals surface area contributed by atoms with Crippen LogP contribution in [0.1, 0.15) is 51.3 Å². The third-order valence-electron chi connectivity index (χ3n) is 3.27. The van der Waals surface area contributed by atoms with Gasteiger partial charge >= 0.3 is 0 Å². The molecule has 2 N–H and O–H groups in total. The van der Waals surface area contributed by atoms with Gasteiger partial charge in [0.15, 0.2) is 0 Å². The SMILES string of the molecule is CCCCC(CC)c1nc2ccc(O)cc2[nH]1. The Morgan fingerprint density at radius 3 is 2.88 bits per heavy atom. The van der Waals surface area contributed by atoms with Crippen molar-refractivity contribution in [1.82, 2.24) is 9.97 Å². The number of rotatable bonds is 5. The maximum absolute atomic E-state index is 9.43. The van der Waals surface area contributed by atoms with E-state index in [0.717, 1.165) is 23.3 Å². The third kappa shape index (κ3) is 2.60. The van der Waals surface area contributed by atoms with Gasteiger partial charge in [0, 0.05) is 12.0 Å². The Morgan fingerprint density at radius 1 is 1.35 bits per heavy atom. The van der Waals surface area contributed by atoms with Gasteiger partial charge in [0.1, 0.15) is 11.6 Å². The minimum Gasteiger partial charge on any atom is -0.508 e. The summed E-state index contributed by atoms with van der Waals surface area (Å²) in [5, 5.41) is 9.43. The molecule has 0 saturated heterocycles. The van der Waals surface area contributed by atoms with Crippen molar-refractivity contribution < 1.29 is 5.11 Å². The van der Waals surface area contributed by atoms with Crippen LogP contribution < -0.4 is 0 Å². The van der Waals surface area contributed by atoms with Crippen LogP contribution in [0, 0.1) is 0 Å². The number of nitrogens with zero attached hydrogens (tertiary/aromatic N) is 1. The van der Waals surface area contributed by atoms with Gasteiger partial charge in [-0.15, -0.1) is 0 Å². The van der Waals surface area contributed by atoms with Crippen molar-refractivity contribution in [3.8, 4) is 5.75 Å². The Bertz CT molecular complexity index is 490. The first-order chi connectivity index (χ1) is 8.24. The Morgan fingerprint density at radius 2 is 2.18 bits per heavy atom. The van der Waals surface area contributed by atoms with Crippen LogP contribution in [-0.2, 0) is 0 Å². The van der Waals surface area contributed by atoms with Crippen LogP contribution in [-0.4, -0.2) is 15.1 Å². The highest BCUT2D eigenvalue weighted by atomic mass is 16.3. The molecule has 2 rings (SSSR count). The normalized spacial score (nSPS) is 13.1. The number of phenols is 1. The molecule has 2 aromatic rings. The second kappa shape index (κ2) is 5.21. The summed E-state index contributed by atoms with van der Waals surface area (Å²) >= 11 is 0. The zero-order valence-corrected chi connectivity index (χ0v) is 10.5. The van der Waals surface area contributed by atoms with Crippen molar-refractivity contribution in [3.63, 3.8) is 0 Å². The van der Waals surface area contributed by atoms with Gasteiger partial charge in [0.2, 0.25) is 0 Å². The molecule has 1 aromatic heterocycles. The predicted octanol–water partition coefficient (Wildman–Crippen LogP) is 3.95. The second-order valence-electron chi connectivity index (χ2n) is 4.57. The number of hydrogen-bond acceptors (Lipinski definition) is 2. The van der Waals surface area contributed by atoms with Crippen LogP contribution in [0.4, 0.5) is 0 Å². The van der Waals surface area contributed by atoms with Crippen LogP contribution in [0.15, 0.2) is 18.2 Å². The molecule has 0 bridgehead atoms. The van der Waals surface area contributed by atoms with E-state index in [-0.39, 0.29) is 5.75 Å². The number of unbranched alkanes of at least 4 members (excludes halogenated alkanes) is 1. The molecule has 1 unspecified atom stereocenters. The first kappa shape index (κ1) is 12.0. The molecule has 1 atom stereocenters. The molecule has 0 saturated carbocycles. The fourth-order valence-corrected chi connectivity index (χ4v) is 2.20. The summed E-state index contributed by atoms with van der Waals surface area (Å²) in [4.78, 5) is 7.94. The van der Waals surface area contributed by atoms with Crippen LogP contribution in [0.2, 0.25) is 0 Å². The smallest absolute Gasteiger partial charge is 0.117 e. The fourth-order valence-electron chi connectivity index (χ4n) is 2.20. The molecular formula is C14H20N2O. The summed E-state index contributed by atoms with van der Waals surface area (Å²) in [7, 11) is 0. The maximum Gasteiger partial charge on any atom is 0.117 e. The van der Waals surface area contributed by atoms with E-state index in [0.29, 0.717) is 5.92 Å². The maximum atomic E-state index is 9.43. The van der Waals surface area contributed by atoms with Gasteiger partial charge in [0.25, 0.3) is 0 Å². The molecule has 3 heteroatoms. The number of aromatic hydroxyl groups is 1. The van der Waals surface area contributed by atoms with Crippen molar-refractivity contribution in [2.45, 2.75) is 45.4 Å².